The Balaban J connectivity index is 1.62. The summed E-state index contributed by atoms with van der Waals surface area (Å²) in [6, 6.07) is 6.56. The average molecular weight is 532 g/mol. The third-order valence-corrected chi connectivity index (χ3v) is 6.71. The van der Waals surface area contributed by atoms with Gasteiger partial charge in [-0.2, -0.15) is 15.3 Å². The van der Waals surface area contributed by atoms with Crippen molar-refractivity contribution in [2.24, 2.45) is 0 Å². The van der Waals surface area contributed by atoms with Crippen LogP contribution >= 0.6 is 23.2 Å². The van der Waals surface area contributed by atoms with Gasteiger partial charge < -0.3 is 5.11 Å². The fraction of sp³-hybridized carbons (Fsp3) is 0.174. The lowest BCUT2D eigenvalue weighted by molar-refractivity contribution is -0.0382. The van der Waals surface area contributed by atoms with Crippen LogP contribution in [0.5, 0.6) is 0 Å². The van der Waals surface area contributed by atoms with E-state index in [2.05, 4.69) is 20.3 Å². The monoisotopic (exact) mass is 531 g/mol. The number of hydrogen-bond donors (Lipinski definition) is 1. The second kappa shape index (κ2) is 9.08. The lowest BCUT2D eigenvalue weighted by atomic mass is 9.86. The van der Waals surface area contributed by atoms with E-state index in [1.807, 2.05) is 0 Å². The Morgan fingerprint density at radius 1 is 1.11 bits per heavy atom. The molecule has 0 amide bonds. The molecule has 3 aromatic heterocycles. The molecule has 13 heteroatoms. The number of halogens is 4. The van der Waals surface area contributed by atoms with Crippen molar-refractivity contribution in [2.75, 3.05) is 0 Å². The normalized spacial score (nSPS) is 14.2. The lowest BCUT2D eigenvalue weighted by Crippen LogP contribution is -2.44. The quantitative estimate of drug-likeness (QED) is 0.356. The smallest absolute Gasteiger partial charge is 0.295 e. The van der Waals surface area contributed by atoms with E-state index in [1.165, 1.54) is 35.1 Å². The molecule has 2 aromatic carbocycles. The molecule has 0 aliphatic heterocycles. The molecule has 9 nitrogen and oxygen atoms in total. The molecule has 0 saturated heterocycles. The van der Waals surface area contributed by atoms with Gasteiger partial charge in [0.25, 0.3) is 5.56 Å². The number of rotatable bonds is 6. The third-order valence-electron chi connectivity index (χ3n) is 5.97. The average Bonchev–Trinajstić information content (AvgIpc) is 3.51. The van der Waals surface area contributed by atoms with Gasteiger partial charge in [-0.25, -0.2) is 27.8 Å². The van der Waals surface area contributed by atoms with Crippen LogP contribution < -0.4 is 5.56 Å². The van der Waals surface area contributed by atoms with Gasteiger partial charge in [0, 0.05) is 23.2 Å². The minimum atomic E-state index is -2.07. The van der Waals surface area contributed by atoms with Crippen LogP contribution in [0, 0.1) is 11.6 Å². The first kappa shape index (κ1) is 24.0. The molecule has 2 atom stereocenters. The van der Waals surface area contributed by atoms with Crippen molar-refractivity contribution in [3.63, 3.8) is 0 Å². The summed E-state index contributed by atoms with van der Waals surface area (Å²) in [6.45, 7) is 1.20. The van der Waals surface area contributed by atoms with Crippen molar-refractivity contribution in [3.8, 4) is 5.69 Å². The molecule has 3 heterocycles. The Bertz CT molecular complexity index is 1640. The molecule has 0 radical (unpaired) electrons. The Morgan fingerprint density at radius 3 is 2.61 bits per heavy atom. The van der Waals surface area contributed by atoms with Gasteiger partial charge in [-0.1, -0.05) is 29.3 Å². The number of hydrogen-bond acceptors (Lipinski definition) is 6. The molecule has 0 bridgehead atoms. The van der Waals surface area contributed by atoms with Gasteiger partial charge in [0.15, 0.2) is 5.52 Å². The van der Waals surface area contributed by atoms with Crippen molar-refractivity contribution in [3.05, 3.63) is 99.0 Å². The van der Waals surface area contributed by atoms with Crippen molar-refractivity contribution in [1.29, 1.82) is 0 Å². The van der Waals surface area contributed by atoms with Crippen LogP contribution in [0.15, 0.2) is 66.2 Å². The fourth-order valence-electron chi connectivity index (χ4n) is 4.02. The van der Waals surface area contributed by atoms with Gasteiger partial charge >= 0.3 is 0 Å². The predicted molar refractivity (Wildman–Crippen MR) is 128 cm³/mol. The van der Waals surface area contributed by atoms with Crippen LogP contribution in [0.1, 0.15) is 18.5 Å². The van der Waals surface area contributed by atoms with Crippen LogP contribution in [0.25, 0.3) is 16.6 Å². The molecule has 0 unspecified atom stereocenters. The zero-order chi connectivity index (χ0) is 25.6. The lowest BCUT2D eigenvalue weighted by Gasteiger charge is -2.34. The molecule has 0 saturated carbocycles. The van der Waals surface area contributed by atoms with Gasteiger partial charge in [0.05, 0.1) is 34.5 Å². The van der Waals surface area contributed by atoms with Gasteiger partial charge in [0.2, 0.25) is 0 Å². The number of fused-ring (bicyclic) bond motifs is 1. The maximum absolute atomic E-state index is 14.9. The highest BCUT2D eigenvalue weighted by molar-refractivity contribution is 6.42. The maximum Gasteiger partial charge on any atom is 0.295 e. The van der Waals surface area contributed by atoms with Crippen molar-refractivity contribution in [1.82, 2.24) is 34.3 Å². The van der Waals surface area contributed by atoms with Crippen LogP contribution in [0.4, 0.5) is 8.78 Å². The van der Waals surface area contributed by atoms with E-state index in [0.29, 0.717) is 27.2 Å². The third kappa shape index (κ3) is 4.15. The zero-order valence-electron chi connectivity index (χ0n) is 18.6. The number of benzene rings is 2. The number of nitrogens with zero attached hydrogens (tertiary/aromatic N) is 7. The number of aromatic nitrogens is 7. The summed E-state index contributed by atoms with van der Waals surface area (Å²) in [7, 11) is 0. The number of aliphatic hydroxyl groups is 1. The van der Waals surface area contributed by atoms with E-state index in [1.54, 1.807) is 24.4 Å². The van der Waals surface area contributed by atoms with Crippen LogP contribution in [0.3, 0.4) is 0 Å². The van der Waals surface area contributed by atoms with Gasteiger partial charge in [-0.05, 0) is 31.2 Å². The topological polar surface area (TPSA) is 104 Å². The van der Waals surface area contributed by atoms with Crippen LogP contribution in [-0.4, -0.2) is 39.4 Å². The summed E-state index contributed by atoms with van der Waals surface area (Å²) in [5, 5.41) is 25.5. The largest absolute Gasteiger partial charge is 0.381 e. The molecule has 0 spiro atoms. The van der Waals surface area contributed by atoms with Crippen molar-refractivity contribution < 1.29 is 13.9 Å². The Morgan fingerprint density at radius 2 is 1.92 bits per heavy atom. The van der Waals surface area contributed by atoms with Crippen molar-refractivity contribution in [2.45, 2.75) is 25.1 Å². The standard InChI is InChI=1S/C23H17Cl2F2N7O2/c1-13(23(36,10-32-12-28-11-30-32)17-4-2-15(26)6-20(17)27)34-22(35)21-14(8-29-34)9-33(31-21)16-3-5-18(24)19(25)7-16/h2-9,11-13,36H,10H2,1H3/t13-,23-/m1/s1. The first-order chi connectivity index (χ1) is 17.2. The fourth-order valence-corrected chi connectivity index (χ4v) is 4.31. The molecule has 0 aliphatic carbocycles. The highest BCUT2D eigenvalue weighted by Crippen LogP contribution is 2.36. The summed E-state index contributed by atoms with van der Waals surface area (Å²) in [6.07, 6.45) is 5.58. The van der Waals surface area contributed by atoms with Gasteiger partial charge in [-0.15, -0.1) is 0 Å². The van der Waals surface area contributed by atoms with E-state index in [0.717, 1.165) is 16.8 Å². The molecule has 5 aromatic rings. The molecule has 184 valence electrons. The summed E-state index contributed by atoms with van der Waals surface area (Å²) in [5.74, 6) is -1.79. The Hall–Kier alpha value is -3.67. The van der Waals surface area contributed by atoms with E-state index < -0.39 is 28.8 Å². The molecule has 5 rings (SSSR count). The summed E-state index contributed by atoms with van der Waals surface area (Å²) < 4.78 is 32.2. The molecular formula is C23H17Cl2F2N7O2. The van der Waals surface area contributed by atoms with Crippen LogP contribution in [0.2, 0.25) is 10.0 Å². The maximum atomic E-state index is 14.9. The first-order valence-electron chi connectivity index (χ1n) is 10.6. The molecule has 36 heavy (non-hydrogen) atoms. The Labute approximate surface area is 212 Å². The van der Waals surface area contributed by atoms with E-state index in [-0.39, 0.29) is 17.6 Å². The molecule has 1 N–H and O–H groups in total. The van der Waals surface area contributed by atoms with Gasteiger partial charge in [-0.3, -0.25) is 4.79 Å². The Kier molecular flexibility index (Phi) is 6.07. The summed E-state index contributed by atoms with van der Waals surface area (Å²) in [5.41, 5.74) is -2.30. The minimum absolute atomic E-state index is 0.0607. The van der Waals surface area contributed by atoms with E-state index in [4.69, 9.17) is 23.2 Å². The minimum Gasteiger partial charge on any atom is -0.381 e. The van der Waals surface area contributed by atoms with Crippen LogP contribution in [-0.2, 0) is 12.1 Å². The summed E-state index contributed by atoms with van der Waals surface area (Å²) >= 11 is 12.1. The summed E-state index contributed by atoms with van der Waals surface area (Å²) in [4.78, 5) is 17.3. The second-order valence-electron chi connectivity index (χ2n) is 8.19. The van der Waals surface area contributed by atoms with E-state index in [9.17, 15) is 18.7 Å². The highest BCUT2D eigenvalue weighted by atomic mass is 35.5. The SMILES string of the molecule is C[C@@H](n1ncc2cn(-c3ccc(Cl)c(Cl)c3)nc2c1=O)[C@](O)(Cn1cncn1)c1ccc(F)cc1F. The van der Waals surface area contributed by atoms with Gasteiger partial charge in [0.1, 0.15) is 29.9 Å². The highest BCUT2D eigenvalue weighted by Gasteiger charge is 2.41. The zero-order valence-corrected chi connectivity index (χ0v) is 20.1. The predicted octanol–water partition coefficient (Wildman–Crippen LogP) is 3.91. The molecule has 0 fully saturated rings. The first-order valence-corrected chi connectivity index (χ1v) is 11.4. The van der Waals surface area contributed by atoms with E-state index >= 15 is 0 Å². The van der Waals surface area contributed by atoms with Crippen molar-refractivity contribution >= 4 is 34.1 Å². The molecular weight excluding hydrogens is 515 g/mol. The molecule has 0 aliphatic rings. The second-order valence-corrected chi connectivity index (χ2v) is 9.00.